The third kappa shape index (κ3) is 4.02. The van der Waals surface area contributed by atoms with Crippen LogP contribution in [0.5, 0.6) is 0 Å². The lowest BCUT2D eigenvalue weighted by molar-refractivity contribution is 0.976. The van der Waals surface area contributed by atoms with Gasteiger partial charge in [0.15, 0.2) is 5.11 Å². The van der Waals surface area contributed by atoms with Crippen molar-refractivity contribution in [3.05, 3.63) is 0 Å². The van der Waals surface area contributed by atoms with Crippen molar-refractivity contribution in [2.45, 2.75) is 13.8 Å². The first kappa shape index (κ1) is 11.0. The maximum atomic E-state index is 4.83. The second-order valence-electron chi connectivity index (χ2n) is 2.20. The van der Waals surface area contributed by atoms with Crippen LogP contribution >= 0.6 is 12.2 Å². The van der Waals surface area contributed by atoms with E-state index in [4.69, 9.17) is 12.2 Å². The molecule has 4 nitrogen and oxygen atoms in total. The summed E-state index contributed by atoms with van der Waals surface area (Å²) in [4.78, 5) is 3.97. The summed E-state index contributed by atoms with van der Waals surface area (Å²) < 4.78 is 0. The van der Waals surface area contributed by atoms with Crippen LogP contribution in [0.3, 0.4) is 0 Å². The van der Waals surface area contributed by atoms with Crippen LogP contribution in [-0.4, -0.2) is 30.6 Å². The van der Waals surface area contributed by atoms with Gasteiger partial charge in [0.25, 0.3) is 0 Å². The summed E-state index contributed by atoms with van der Waals surface area (Å²) in [5.74, 6) is 0. The lowest BCUT2D eigenvalue weighted by atomic mass is 10.3. The van der Waals surface area contributed by atoms with Crippen LogP contribution < -0.4 is 10.7 Å². The second kappa shape index (κ2) is 5.65. The first-order valence-corrected chi connectivity index (χ1v) is 3.98. The van der Waals surface area contributed by atoms with E-state index >= 15 is 0 Å². The van der Waals surface area contributed by atoms with Gasteiger partial charge in [-0.25, -0.2) is 0 Å². The van der Waals surface area contributed by atoms with E-state index in [-0.39, 0.29) is 0 Å². The average Bonchev–Trinajstić information content (AvgIpc) is 2.11. The molecule has 0 aromatic heterocycles. The van der Waals surface area contributed by atoms with Gasteiger partial charge in [0.1, 0.15) is 0 Å². The molecular weight excluding hydrogens is 172 g/mol. The first-order valence-electron chi connectivity index (χ1n) is 3.57. The molecule has 0 bridgehead atoms. The van der Waals surface area contributed by atoms with Gasteiger partial charge in [0.05, 0.1) is 11.4 Å². The van der Waals surface area contributed by atoms with Crippen LogP contribution in [0.4, 0.5) is 0 Å². The predicted octanol–water partition coefficient (Wildman–Crippen LogP) is 0.547. The second-order valence-corrected chi connectivity index (χ2v) is 2.61. The molecule has 12 heavy (non-hydrogen) atoms. The molecule has 68 valence electrons. The van der Waals surface area contributed by atoms with E-state index in [0.29, 0.717) is 5.11 Å². The van der Waals surface area contributed by atoms with E-state index < -0.39 is 0 Å². The molecule has 0 saturated carbocycles. The molecule has 0 radical (unpaired) electrons. The fourth-order valence-electron chi connectivity index (χ4n) is 0.433. The summed E-state index contributed by atoms with van der Waals surface area (Å²) in [5.41, 5.74) is 4.39. The molecule has 0 spiro atoms. The van der Waals surface area contributed by atoms with Crippen molar-refractivity contribution in [2.24, 2.45) is 10.1 Å². The topological polar surface area (TPSA) is 48.8 Å². The molecule has 0 amide bonds. The molecule has 2 N–H and O–H groups in total. The van der Waals surface area contributed by atoms with Gasteiger partial charge in [-0.05, 0) is 26.1 Å². The number of hydrogen-bond acceptors (Lipinski definition) is 3. The van der Waals surface area contributed by atoms with Crippen molar-refractivity contribution in [3.63, 3.8) is 0 Å². The van der Waals surface area contributed by atoms with E-state index in [0.717, 1.165) is 11.4 Å². The number of hydrogen-bond donors (Lipinski definition) is 2. The Bertz CT molecular complexity index is 219. The van der Waals surface area contributed by atoms with Crippen LogP contribution in [0.15, 0.2) is 10.1 Å². The maximum absolute atomic E-state index is 4.83. The Balaban J connectivity index is 4.10. The SMILES string of the molecule is CN=C(C)/C(C)=N/NC(=S)NC. The van der Waals surface area contributed by atoms with E-state index in [9.17, 15) is 0 Å². The van der Waals surface area contributed by atoms with Gasteiger partial charge in [0, 0.05) is 14.1 Å². The van der Waals surface area contributed by atoms with E-state index in [2.05, 4.69) is 20.8 Å². The van der Waals surface area contributed by atoms with Gasteiger partial charge in [-0.3, -0.25) is 10.4 Å². The van der Waals surface area contributed by atoms with Crippen LogP contribution in [-0.2, 0) is 0 Å². The molecule has 0 saturated heterocycles. The molecule has 0 aromatic rings. The Morgan fingerprint density at radius 3 is 2.25 bits per heavy atom. The number of rotatable bonds is 2. The molecule has 0 aliphatic heterocycles. The monoisotopic (exact) mass is 186 g/mol. The zero-order valence-electron chi connectivity index (χ0n) is 7.80. The minimum atomic E-state index is 0.498. The van der Waals surface area contributed by atoms with Crippen molar-refractivity contribution < 1.29 is 0 Å². The van der Waals surface area contributed by atoms with Crippen molar-refractivity contribution >= 4 is 28.8 Å². The largest absolute Gasteiger partial charge is 0.364 e. The Hall–Kier alpha value is -0.970. The van der Waals surface area contributed by atoms with Gasteiger partial charge in [-0.1, -0.05) is 0 Å². The summed E-state index contributed by atoms with van der Waals surface area (Å²) in [7, 11) is 3.46. The number of nitrogens with zero attached hydrogens (tertiary/aromatic N) is 2. The van der Waals surface area contributed by atoms with Crippen LogP contribution in [0, 0.1) is 0 Å². The maximum Gasteiger partial charge on any atom is 0.186 e. The van der Waals surface area contributed by atoms with Gasteiger partial charge >= 0.3 is 0 Å². The number of nitrogens with one attached hydrogen (secondary N) is 2. The first-order chi connectivity index (χ1) is 5.61. The lowest BCUT2D eigenvalue weighted by Crippen LogP contribution is -2.29. The van der Waals surface area contributed by atoms with E-state index in [1.165, 1.54) is 0 Å². The molecule has 0 fully saturated rings. The number of aliphatic imine (C=N–C) groups is 1. The third-order valence-corrected chi connectivity index (χ3v) is 1.71. The predicted molar refractivity (Wildman–Crippen MR) is 56.9 cm³/mol. The highest BCUT2D eigenvalue weighted by Gasteiger charge is 1.94. The van der Waals surface area contributed by atoms with Gasteiger partial charge < -0.3 is 5.32 Å². The minimum Gasteiger partial charge on any atom is -0.364 e. The normalized spacial score (nSPS) is 12.7. The zero-order chi connectivity index (χ0) is 9.56. The third-order valence-electron chi connectivity index (χ3n) is 1.41. The van der Waals surface area contributed by atoms with Crippen molar-refractivity contribution in [1.29, 1.82) is 0 Å². The standard InChI is InChI=1S/C7H14N4S/c1-5(8-3)6(2)10-11-7(12)9-4/h1-4H3,(H2,9,11,12)/b8-5?,10-6+. The van der Waals surface area contributed by atoms with Crippen molar-refractivity contribution in [1.82, 2.24) is 10.7 Å². The lowest BCUT2D eigenvalue weighted by Gasteiger charge is -2.02. The Kier molecular flexibility index (Phi) is 5.19. The van der Waals surface area contributed by atoms with Crippen LogP contribution in [0.25, 0.3) is 0 Å². The smallest absolute Gasteiger partial charge is 0.186 e. The van der Waals surface area contributed by atoms with Crippen molar-refractivity contribution in [2.75, 3.05) is 14.1 Å². The van der Waals surface area contributed by atoms with Gasteiger partial charge in [-0.2, -0.15) is 5.10 Å². The Morgan fingerprint density at radius 1 is 1.25 bits per heavy atom. The Morgan fingerprint density at radius 2 is 1.83 bits per heavy atom. The summed E-state index contributed by atoms with van der Waals surface area (Å²) in [6.07, 6.45) is 0. The molecule has 0 aliphatic rings. The molecular formula is C7H14N4S. The van der Waals surface area contributed by atoms with Gasteiger partial charge in [-0.15, -0.1) is 0 Å². The molecule has 0 rings (SSSR count). The minimum absolute atomic E-state index is 0.498. The van der Waals surface area contributed by atoms with E-state index in [1.54, 1.807) is 14.1 Å². The summed E-state index contributed by atoms with van der Waals surface area (Å²) in [6, 6.07) is 0. The molecule has 0 unspecified atom stereocenters. The van der Waals surface area contributed by atoms with Gasteiger partial charge in [0.2, 0.25) is 0 Å². The Labute approximate surface area is 78.1 Å². The zero-order valence-corrected chi connectivity index (χ0v) is 8.62. The van der Waals surface area contributed by atoms with E-state index in [1.807, 2.05) is 13.8 Å². The molecule has 0 aromatic carbocycles. The highest BCUT2D eigenvalue weighted by molar-refractivity contribution is 7.80. The number of hydrazone groups is 1. The molecule has 0 heterocycles. The molecule has 5 heteroatoms. The highest BCUT2D eigenvalue weighted by atomic mass is 32.1. The molecule has 0 aliphatic carbocycles. The molecule has 0 atom stereocenters. The summed E-state index contributed by atoms with van der Waals surface area (Å²) in [5, 5.41) is 7.25. The quantitative estimate of drug-likeness (QED) is 0.376. The summed E-state index contributed by atoms with van der Waals surface area (Å²) >= 11 is 4.83. The van der Waals surface area contributed by atoms with Crippen molar-refractivity contribution in [3.8, 4) is 0 Å². The number of thiocarbonyl (C=S) groups is 1. The van der Waals surface area contributed by atoms with Crippen LogP contribution in [0.2, 0.25) is 0 Å². The average molecular weight is 186 g/mol. The highest BCUT2D eigenvalue weighted by Crippen LogP contribution is 1.81. The fourth-order valence-corrected chi connectivity index (χ4v) is 0.479. The summed E-state index contributed by atoms with van der Waals surface area (Å²) in [6.45, 7) is 3.76. The fraction of sp³-hybridized carbons (Fsp3) is 0.571. The van der Waals surface area contributed by atoms with Crippen LogP contribution in [0.1, 0.15) is 13.8 Å².